The Kier molecular flexibility index (Phi) is 5.87. The highest BCUT2D eigenvalue weighted by atomic mass is 35.5. The summed E-state index contributed by atoms with van der Waals surface area (Å²) in [4.78, 5) is 19.3. The van der Waals surface area contributed by atoms with Crippen LogP contribution in [-0.4, -0.2) is 20.4 Å². The SMILES string of the molecule is Clc1ncnc2c1sc(=NC(=Nc1ccccc1)c1ccccc1)n2Cc1ccccc1. The van der Waals surface area contributed by atoms with Gasteiger partial charge in [-0.05, 0) is 17.7 Å². The summed E-state index contributed by atoms with van der Waals surface area (Å²) < 4.78 is 2.86. The van der Waals surface area contributed by atoms with Crippen LogP contribution in [0, 0.1) is 0 Å². The van der Waals surface area contributed by atoms with Crippen molar-refractivity contribution in [3.8, 4) is 0 Å². The molecular formula is C25H18ClN5S. The Balaban J connectivity index is 1.74. The van der Waals surface area contributed by atoms with Crippen LogP contribution in [0.1, 0.15) is 11.1 Å². The topological polar surface area (TPSA) is 55.4 Å². The maximum Gasteiger partial charge on any atom is 0.194 e. The van der Waals surface area contributed by atoms with Crippen LogP contribution >= 0.6 is 22.9 Å². The number of para-hydroxylation sites is 1. The third-order valence-electron chi connectivity index (χ3n) is 4.83. The number of rotatable bonds is 4. The lowest BCUT2D eigenvalue weighted by Gasteiger charge is -2.06. The predicted octanol–water partition coefficient (Wildman–Crippen LogP) is 5.87. The molecule has 0 aliphatic rings. The second-order valence-corrected chi connectivity index (χ2v) is 8.36. The molecule has 5 aromatic rings. The summed E-state index contributed by atoms with van der Waals surface area (Å²) in [5, 5.41) is 0.421. The summed E-state index contributed by atoms with van der Waals surface area (Å²) in [6.45, 7) is 0.612. The van der Waals surface area contributed by atoms with Gasteiger partial charge in [-0.25, -0.2) is 20.0 Å². The van der Waals surface area contributed by atoms with Crippen LogP contribution in [0.15, 0.2) is 107 Å². The first kappa shape index (κ1) is 20.3. The molecule has 0 fully saturated rings. The van der Waals surface area contributed by atoms with Crippen molar-refractivity contribution in [3.05, 3.63) is 118 Å². The van der Waals surface area contributed by atoms with E-state index in [0.29, 0.717) is 17.5 Å². The molecule has 2 heterocycles. The van der Waals surface area contributed by atoms with E-state index in [9.17, 15) is 0 Å². The van der Waals surface area contributed by atoms with Crippen LogP contribution in [0.5, 0.6) is 0 Å². The molecule has 0 atom stereocenters. The molecule has 7 heteroatoms. The second-order valence-electron chi connectivity index (χ2n) is 7.02. The number of halogens is 1. The third-order valence-corrected chi connectivity index (χ3v) is 6.30. The van der Waals surface area contributed by atoms with E-state index >= 15 is 0 Å². The fourth-order valence-electron chi connectivity index (χ4n) is 3.31. The number of fused-ring (bicyclic) bond motifs is 1. The zero-order valence-corrected chi connectivity index (χ0v) is 18.5. The minimum atomic E-state index is 0.421. The minimum absolute atomic E-state index is 0.421. The molecule has 0 aliphatic heterocycles. The Morgan fingerprint density at radius 2 is 1.50 bits per heavy atom. The van der Waals surface area contributed by atoms with E-state index in [1.54, 1.807) is 0 Å². The third kappa shape index (κ3) is 4.37. The smallest absolute Gasteiger partial charge is 0.194 e. The summed E-state index contributed by atoms with van der Waals surface area (Å²) in [5.74, 6) is 0.620. The average molecular weight is 456 g/mol. The molecule has 5 rings (SSSR count). The number of amidine groups is 1. The van der Waals surface area contributed by atoms with Gasteiger partial charge in [0, 0.05) is 5.56 Å². The molecule has 5 nitrogen and oxygen atoms in total. The predicted molar refractivity (Wildman–Crippen MR) is 131 cm³/mol. The van der Waals surface area contributed by atoms with Gasteiger partial charge in [0.25, 0.3) is 0 Å². The molecule has 0 radical (unpaired) electrons. The van der Waals surface area contributed by atoms with Crippen molar-refractivity contribution in [2.24, 2.45) is 9.98 Å². The second kappa shape index (κ2) is 9.26. The van der Waals surface area contributed by atoms with Gasteiger partial charge in [0.2, 0.25) is 0 Å². The van der Waals surface area contributed by atoms with Gasteiger partial charge in [0.15, 0.2) is 21.4 Å². The van der Waals surface area contributed by atoms with Crippen LogP contribution in [0.25, 0.3) is 10.3 Å². The molecule has 0 N–H and O–H groups in total. The molecule has 0 unspecified atom stereocenters. The maximum absolute atomic E-state index is 6.40. The van der Waals surface area contributed by atoms with Gasteiger partial charge >= 0.3 is 0 Å². The summed E-state index contributed by atoms with van der Waals surface area (Å²) >= 11 is 7.86. The Morgan fingerprint density at radius 1 is 0.844 bits per heavy atom. The number of aromatic nitrogens is 3. The van der Waals surface area contributed by atoms with Crippen LogP contribution in [-0.2, 0) is 6.54 Å². The van der Waals surface area contributed by atoms with Crippen molar-refractivity contribution in [2.45, 2.75) is 6.54 Å². The first-order chi connectivity index (χ1) is 15.8. The largest absolute Gasteiger partial charge is 0.296 e. The standard InChI is InChI=1S/C25H18ClN5S/c26-22-21-24(28-17-27-22)31(16-18-10-4-1-5-11-18)25(32-21)30-23(19-12-6-2-7-13-19)29-20-14-8-3-9-15-20/h1-15,17H,16H2. The normalized spacial score (nSPS) is 12.4. The van der Waals surface area contributed by atoms with E-state index in [4.69, 9.17) is 21.6 Å². The van der Waals surface area contributed by atoms with Crippen molar-refractivity contribution in [2.75, 3.05) is 0 Å². The molecule has 0 spiro atoms. The van der Waals surface area contributed by atoms with E-state index in [2.05, 4.69) is 26.7 Å². The van der Waals surface area contributed by atoms with E-state index < -0.39 is 0 Å². The van der Waals surface area contributed by atoms with Gasteiger partial charge < -0.3 is 0 Å². The van der Waals surface area contributed by atoms with Crippen molar-refractivity contribution in [1.82, 2.24) is 14.5 Å². The Morgan fingerprint density at radius 3 is 2.22 bits per heavy atom. The van der Waals surface area contributed by atoms with E-state index in [-0.39, 0.29) is 0 Å². The van der Waals surface area contributed by atoms with Crippen LogP contribution in [0.4, 0.5) is 5.69 Å². The van der Waals surface area contributed by atoms with Crippen LogP contribution < -0.4 is 4.80 Å². The fraction of sp³-hybridized carbons (Fsp3) is 0.0400. The highest BCUT2D eigenvalue weighted by molar-refractivity contribution is 7.17. The Hall–Kier alpha value is -3.61. The lowest BCUT2D eigenvalue weighted by Crippen LogP contribution is -2.18. The number of hydrogen-bond acceptors (Lipinski definition) is 4. The molecule has 0 bridgehead atoms. The van der Waals surface area contributed by atoms with Gasteiger partial charge in [-0.1, -0.05) is 102 Å². The highest BCUT2D eigenvalue weighted by Crippen LogP contribution is 2.23. The summed E-state index contributed by atoms with van der Waals surface area (Å²) in [6.07, 6.45) is 1.48. The molecule has 0 aliphatic carbocycles. The molecule has 3 aromatic carbocycles. The highest BCUT2D eigenvalue weighted by Gasteiger charge is 2.13. The van der Waals surface area contributed by atoms with Crippen molar-refractivity contribution in [3.63, 3.8) is 0 Å². The monoisotopic (exact) mass is 455 g/mol. The maximum atomic E-state index is 6.40. The fourth-order valence-corrected chi connectivity index (χ4v) is 4.52. The molecule has 2 aromatic heterocycles. The number of aliphatic imine (C=N–C) groups is 1. The molecule has 156 valence electrons. The summed E-state index contributed by atoms with van der Waals surface area (Å²) in [5.41, 5.74) is 3.66. The first-order valence-corrected chi connectivity index (χ1v) is 11.2. The quantitative estimate of drug-likeness (QED) is 0.193. The lowest BCUT2D eigenvalue weighted by atomic mass is 10.2. The number of thiazole rings is 1. The van der Waals surface area contributed by atoms with Crippen LogP contribution in [0.3, 0.4) is 0 Å². The van der Waals surface area contributed by atoms with E-state index in [0.717, 1.165) is 32.0 Å². The van der Waals surface area contributed by atoms with Gasteiger partial charge in [0.05, 0.1) is 12.2 Å². The van der Waals surface area contributed by atoms with Crippen molar-refractivity contribution >= 4 is 44.8 Å². The van der Waals surface area contributed by atoms with Crippen LogP contribution in [0.2, 0.25) is 5.15 Å². The Bertz CT molecular complexity index is 1440. The molecule has 0 saturated heterocycles. The molecule has 0 saturated carbocycles. The average Bonchev–Trinajstić information content (AvgIpc) is 3.19. The summed E-state index contributed by atoms with van der Waals surface area (Å²) in [7, 11) is 0. The number of benzene rings is 3. The van der Waals surface area contributed by atoms with Gasteiger partial charge in [-0.2, -0.15) is 0 Å². The van der Waals surface area contributed by atoms with Gasteiger partial charge in [-0.3, -0.25) is 4.57 Å². The minimum Gasteiger partial charge on any atom is -0.296 e. The molecule has 32 heavy (non-hydrogen) atoms. The summed E-state index contributed by atoms with van der Waals surface area (Å²) in [6, 6.07) is 30.0. The zero-order chi connectivity index (χ0) is 21.8. The van der Waals surface area contributed by atoms with Crippen molar-refractivity contribution < 1.29 is 0 Å². The first-order valence-electron chi connectivity index (χ1n) is 10.1. The number of nitrogens with zero attached hydrogens (tertiary/aromatic N) is 5. The Labute approximate surface area is 194 Å². The zero-order valence-electron chi connectivity index (χ0n) is 17.0. The van der Waals surface area contributed by atoms with Gasteiger partial charge in [0.1, 0.15) is 11.0 Å². The lowest BCUT2D eigenvalue weighted by molar-refractivity contribution is 0.790. The number of hydrogen-bond donors (Lipinski definition) is 0. The van der Waals surface area contributed by atoms with E-state index in [1.165, 1.54) is 17.7 Å². The van der Waals surface area contributed by atoms with Gasteiger partial charge in [-0.15, -0.1) is 0 Å². The van der Waals surface area contributed by atoms with Crippen molar-refractivity contribution in [1.29, 1.82) is 0 Å². The molecule has 0 amide bonds. The van der Waals surface area contributed by atoms with E-state index in [1.807, 2.05) is 78.9 Å². The molecular weight excluding hydrogens is 438 g/mol.